The molecular formula is C28H52N6O12. The Kier molecular flexibility index (Phi) is 19.8. The predicted molar refractivity (Wildman–Crippen MR) is 162 cm³/mol. The number of amides is 5. The number of carboxylic acid groups (broad SMARTS) is 1. The number of hydrogen-bond acceptors (Lipinski definition) is 12. The van der Waals surface area contributed by atoms with E-state index in [1.807, 2.05) is 0 Å². The number of carboxylic acids is 1. The average Bonchev–Trinajstić information content (AvgIpc) is 2.98. The van der Waals surface area contributed by atoms with Crippen molar-refractivity contribution in [3.8, 4) is 0 Å². The van der Waals surface area contributed by atoms with Crippen LogP contribution in [0.4, 0.5) is 0 Å². The van der Waals surface area contributed by atoms with Gasteiger partial charge in [-0.15, -0.1) is 0 Å². The molecule has 0 bridgehead atoms. The number of rotatable bonds is 22. The average molecular weight is 665 g/mol. The molecule has 5 amide bonds. The molecule has 0 spiro atoms. The number of aliphatic hydroxyl groups is 5. The zero-order chi connectivity index (χ0) is 35.7. The minimum atomic E-state index is -2.28. The minimum Gasteiger partial charge on any atom is -0.480 e. The van der Waals surface area contributed by atoms with E-state index in [0.717, 1.165) is 4.90 Å². The Morgan fingerprint density at radius 1 is 0.804 bits per heavy atom. The number of carbonyl (C=O) groups is 6. The third kappa shape index (κ3) is 15.2. The second-order valence-electron chi connectivity index (χ2n) is 11.8. The number of carbonyl (C=O) groups excluding carboxylic acids is 5. The van der Waals surface area contributed by atoms with Crippen LogP contribution in [0.5, 0.6) is 0 Å². The summed E-state index contributed by atoms with van der Waals surface area (Å²) in [5.41, 5.74) is 5.50. The van der Waals surface area contributed by atoms with E-state index in [1.165, 1.54) is 7.05 Å². The van der Waals surface area contributed by atoms with Gasteiger partial charge in [0.1, 0.15) is 43.0 Å². The maximum absolute atomic E-state index is 13.2. The molecule has 0 aromatic rings. The topological polar surface area (TPSA) is 301 Å². The summed E-state index contributed by atoms with van der Waals surface area (Å²) in [4.78, 5) is 76.2. The molecule has 18 heteroatoms. The van der Waals surface area contributed by atoms with Crippen molar-refractivity contribution >= 4 is 35.5 Å². The fourth-order valence-electron chi connectivity index (χ4n) is 4.25. The smallest absolute Gasteiger partial charge is 0.323 e. The van der Waals surface area contributed by atoms with Crippen LogP contribution >= 0.6 is 0 Å². The Balaban J connectivity index is 5.55. The summed E-state index contributed by atoms with van der Waals surface area (Å²) in [7, 11) is 1.28. The first-order chi connectivity index (χ1) is 21.4. The minimum absolute atomic E-state index is 0.116. The van der Waals surface area contributed by atoms with Gasteiger partial charge in [0, 0.05) is 7.05 Å². The van der Waals surface area contributed by atoms with Crippen LogP contribution in [-0.2, 0) is 28.8 Å². The van der Waals surface area contributed by atoms with Crippen molar-refractivity contribution in [1.29, 1.82) is 0 Å². The zero-order valence-corrected chi connectivity index (χ0v) is 27.0. The summed E-state index contributed by atoms with van der Waals surface area (Å²) in [6.07, 6.45) is -7.08. The standard InChI is InChI=1S/C28H52N6O12/c1-14(2)10-17(32-26(44)21(15(3)4)33-27(45)24(42)23(41)22(40)18(36)13-35)25(43)30-11-19(37)31-16(8-6-7-9-29)28(46)34(5)12-20(38)39/h14-18,21-24,35-36,40-42H,6-13,29H2,1-5H3,(H,30,43)(H,31,37)(H,32,44)(H,33,45)(H,38,39)/t16-,17-,18+,21-,22+,23-,24+/m0/s1. The van der Waals surface area contributed by atoms with Crippen molar-refractivity contribution in [2.45, 2.75) is 95.9 Å². The first-order valence-electron chi connectivity index (χ1n) is 15.0. The molecular weight excluding hydrogens is 612 g/mol. The van der Waals surface area contributed by atoms with Gasteiger partial charge in [-0.2, -0.15) is 0 Å². The molecule has 0 saturated heterocycles. The van der Waals surface area contributed by atoms with Gasteiger partial charge >= 0.3 is 5.97 Å². The van der Waals surface area contributed by atoms with Gasteiger partial charge in [-0.1, -0.05) is 27.7 Å². The van der Waals surface area contributed by atoms with Crippen molar-refractivity contribution in [2.75, 3.05) is 33.3 Å². The lowest BCUT2D eigenvalue weighted by atomic mass is 9.98. The van der Waals surface area contributed by atoms with Crippen molar-refractivity contribution in [1.82, 2.24) is 26.2 Å². The van der Waals surface area contributed by atoms with Crippen LogP contribution < -0.4 is 27.0 Å². The molecule has 266 valence electrons. The van der Waals surface area contributed by atoms with Crippen molar-refractivity contribution < 1.29 is 59.4 Å². The van der Waals surface area contributed by atoms with Gasteiger partial charge in [0.2, 0.25) is 23.6 Å². The van der Waals surface area contributed by atoms with Crippen molar-refractivity contribution in [3.63, 3.8) is 0 Å². The lowest BCUT2D eigenvalue weighted by molar-refractivity contribution is -0.151. The number of likely N-dealkylation sites (N-methyl/N-ethyl adjacent to an activating group) is 1. The number of nitrogens with one attached hydrogen (secondary N) is 4. The van der Waals surface area contributed by atoms with E-state index in [9.17, 15) is 49.2 Å². The van der Waals surface area contributed by atoms with Crippen molar-refractivity contribution in [3.05, 3.63) is 0 Å². The number of nitrogens with two attached hydrogens (primary N) is 1. The Morgan fingerprint density at radius 3 is 1.91 bits per heavy atom. The summed E-state index contributed by atoms with van der Waals surface area (Å²) in [5.74, 6) is -6.19. The molecule has 0 saturated carbocycles. The number of aliphatic hydroxyl groups excluding tert-OH is 5. The maximum Gasteiger partial charge on any atom is 0.323 e. The maximum atomic E-state index is 13.2. The largest absolute Gasteiger partial charge is 0.480 e. The highest BCUT2D eigenvalue weighted by molar-refractivity contribution is 5.95. The molecule has 0 aromatic carbocycles. The monoisotopic (exact) mass is 664 g/mol. The van der Waals surface area contributed by atoms with Gasteiger partial charge in [-0.3, -0.25) is 28.8 Å². The molecule has 0 radical (unpaired) electrons. The SMILES string of the molecule is CC(C)C[C@H](NC(=O)[C@@H](NC(=O)[C@H](O)[C@@H](O)[C@H](O)[C@H](O)CO)C(C)C)C(=O)NCC(=O)N[C@@H](CCCCN)C(=O)N(C)CC(=O)O. The highest BCUT2D eigenvalue weighted by Gasteiger charge is 2.37. The lowest BCUT2D eigenvalue weighted by Gasteiger charge is -2.29. The van der Waals surface area contributed by atoms with E-state index in [-0.39, 0.29) is 18.8 Å². The summed E-state index contributed by atoms with van der Waals surface area (Å²) < 4.78 is 0. The van der Waals surface area contributed by atoms with Gasteiger partial charge < -0.3 is 62.5 Å². The fourth-order valence-corrected chi connectivity index (χ4v) is 4.25. The molecule has 0 unspecified atom stereocenters. The van der Waals surface area contributed by atoms with Crippen molar-refractivity contribution in [2.24, 2.45) is 17.6 Å². The lowest BCUT2D eigenvalue weighted by Crippen LogP contribution is -2.59. The Labute approximate surface area is 268 Å². The van der Waals surface area contributed by atoms with E-state index in [1.54, 1.807) is 27.7 Å². The molecule has 7 atom stereocenters. The highest BCUT2D eigenvalue weighted by Crippen LogP contribution is 2.11. The van der Waals surface area contributed by atoms with Crippen LogP contribution in [0.2, 0.25) is 0 Å². The summed E-state index contributed by atoms with van der Waals surface area (Å²) >= 11 is 0. The highest BCUT2D eigenvalue weighted by atomic mass is 16.4. The van der Waals surface area contributed by atoms with Gasteiger partial charge in [0.15, 0.2) is 6.10 Å². The predicted octanol–water partition coefficient (Wildman–Crippen LogP) is -4.63. The second-order valence-corrected chi connectivity index (χ2v) is 11.8. The summed E-state index contributed by atoms with van der Waals surface area (Å²) in [5, 5.41) is 67.0. The summed E-state index contributed by atoms with van der Waals surface area (Å²) in [6, 6.07) is -3.58. The molecule has 46 heavy (non-hydrogen) atoms. The van der Waals surface area contributed by atoms with Gasteiger partial charge in [-0.05, 0) is 44.1 Å². The number of nitrogens with zero attached hydrogens (tertiary/aromatic N) is 1. The van der Waals surface area contributed by atoms with E-state index in [2.05, 4.69) is 21.3 Å². The second kappa shape index (κ2) is 21.4. The Bertz CT molecular complexity index is 1010. The Morgan fingerprint density at radius 2 is 1.41 bits per heavy atom. The molecule has 0 fully saturated rings. The molecule has 0 aliphatic rings. The Hall–Kier alpha value is -3.42. The normalized spacial score (nSPS) is 15.9. The van der Waals surface area contributed by atoms with Crippen LogP contribution in [-0.4, -0.2) is 147 Å². The third-order valence-electron chi connectivity index (χ3n) is 6.86. The van der Waals surface area contributed by atoms with Crippen LogP contribution in [0, 0.1) is 11.8 Å². The third-order valence-corrected chi connectivity index (χ3v) is 6.86. The first-order valence-corrected chi connectivity index (χ1v) is 15.0. The van der Waals surface area contributed by atoms with Gasteiger partial charge in [-0.25, -0.2) is 0 Å². The molecule has 0 aliphatic heterocycles. The van der Waals surface area contributed by atoms with E-state index in [4.69, 9.17) is 15.9 Å². The summed E-state index contributed by atoms with van der Waals surface area (Å²) in [6.45, 7) is 4.89. The van der Waals surface area contributed by atoms with Crippen LogP contribution in [0.1, 0.15) is 53.4 Å². The zero-order valence-electron chi connectivity index (χ0n) is 27.0. The quantitative estimate of drug-likeness (QED) is 0.0486. The van der Waals surface area contributed by atoms with Gasteiger partial charge in [0.05, 0.1) is 13.2 Å². The number of hydrogen-bond donors (Lipinski definition) is 11. The van der Waals surface area contributed by atoms with E-state index >= 15 is 0 Å². The molecule has 0 rings (SSSR count). The van der Waals surface area contributed by atoms with Crippen LogP contribution in [0.15, 0.2) is 0 Å². The molecule has 18 nitrogen and oxygen atoms in total. The van der Waals surface area contributed by atoms with E-state index < -0.39 is 104 Å². The van der Waals surface area contributed by atoms with Crippen LogP contribution in [0.3, 0.4) is 0 Å². The van der Waals surface area contributed by atoms with Crippen LogP contribution in [0.25, 0.3) is 0 Å². The molecule has 0 heterocycles. The molecule has 0 aliphatic carbocycles. The first kappa shape index (κ1) is 42.6. The number of aliphatic carboxylic acids is 1. The van der Waals surface area contributed by atoms with E-state index in [0.29, 0.717) is 19.4 Å². The van der Waals surface area contributed by atoms with Gasteiger partial charge in [0.25, 0.3) is 5.91 Å². The molecule has 12 N–H and O–H groups in total. The number of unbranched alkanes of at least 4 members (excludes halogenated alkanes) is 1. The fraction of sp³-hybridized carbons (Fsp3) is 0.786. The molecule has 0 aromatic heterocycles.